The number of benzene rings is 1. The molecule has 1 heterocycles. The first-order valence-electron chi connectivity index (χ1n) is 8.39. The number of nitrogens with one attached hydrogen (secondary N) is 1. The largest absolute Gasteiger partial charge is 0.334 e. The first-order valence-corrected chi connectivity index (χ1v) is 8.39. The van der Waals surface area contributed by atoms with Crippen LogP contribution in [0.2, 0.25) is 0 Å². The number of likely N-dealkylation sites (tertiary alicyclic amines) is 1. The van der Waals surface area contributed by atoms with E-state index in [4.69, 9.17) is 0 Å². The average Bonchev–Trinajstić information content (AvgIpc) is 2.92. The van der Waals surface area contributed by atoms with E-state index >= 15 is 0 Å². The SMILES string of the molecule is CCCCN(C)C(=O)NC1CC(=O)N(C(C)c2ccccc2)C1. The van der Waals surface area contributed by atoms with Crippen LogP contribution in [0.1, 0.15) is 44.7 Å². The number of unbranched alkanes of at least 4 members (excludes halogenated alkanes) is 1. The Labute approximate surface area is 138 Å². The van der Waals surface area contributed by atoms with Crippen LogP contribution in [0.15, 0.2) is 30.3 Å². The minimum atomic E-state index is -0.106. The number of urea groups is 1. The maximum absolute atomic E-state index is 12.3. The van der Waals surface area contributed by atoms with E-state index in [0.29, 0.717) is 13.0 Å². The minimum Gasteiger partial charge on any atom is -0.334 e. The highest BCUT2D eigenvalue weighted by molar-refractivity contribution is 5.82. The predicted octanol–water partition coefficient (Wildman–Crippen LogP) is 2.79. The van der Waals surface area contributed by atoms with Crippen molar-refractivity contribution in [2.75, 3.05) is 20.1 Å². The molecule has 2 unspecified atom stereocenters. The Balaban J connectivity index is 1.91. The van der Waals surface area contributed by atoms with Gasteiger partial charge in [-0.1, -0.05) is 43.7 Å². The predicted molar refractivity (Wildman–Crippen MR) is 91.0 cm³/mol. The standard InChI is InChI=1S/C18H27N3O2/c1-4-5-11-20(3)18(23)19-16-12-17(22)21(13-16)14(2)15-9-7-6-8-10-15/h6-10,14,16H,4-5,11-13H2,1-3H3,(H,19,23). The zero-order chi connectivity index (χ0) is 16.8. The second-order valence-electron chi connectivity index (χ2n) is 6.26. The molecule has 1 saturated heterocycles. The number of nitrogens with zero attached hydrogens (tertiary/aromatic N) is 2. The summed E-state index contributed by atoms with van der Waals surface area (Å²) in [5.41, 5.74) is 1.12. The Morgan fingerprint density at radius 2 is 2.09 bits per heavy atom. The molecular formula is C18H27N3O2. The fraction of sp³-hybridized carbons (Fsp3) is 0.556. The molecule has 2 rings (SSSR count). The van der Waals surface area contributed by atoms with Gasteiger partial charge in [0.25, 0.3) is 0 Å². The van der Waals surface area contributed by atoms with Gasteiger partial charge in [0.15, 0.2) is 0 Å². The molecule has 0 saturated carbocycles. The second-order valence-corrected chi connectivity index (χ2v) is 6.26. The van der Waals surface area contributed by atoms with E-state index in [1.165, 1.54) is 0 Å². The third kappa shape index (κ3) is 4.47. The Hall–Kier alpha value is -2.04. The van der Waals surface area contributed by atoms with E-state index in [-0.39, 0.29) is 24.0 Å². The molecule has 3 amide bonds. The number of carbonyl (C=O) groups excluding carboxylic acids is 2. The lowest BCUT2D eigenvalue weighted by molar-refractivity contribution is -0.129. The second kappa shape index (κ2) is 7.99. The Kier molecular flexibility index (Phi) is 6.02. The number of rotatable bonds is 6. The molecule has 126 valence electrons. The summed E-state index contributed by atoms with van der Waals surface area (Å²) in [5, 5.41) is 2.98. The maximum atomic E-state index is 12.3. The van der Waals surface area contributed by atoms with Crippen LogP contribution in [-0.2, 0) is 4.79 Å². The van der Waals surface area contributed by atoms with Crippen molar-refractivity contribution in [3.05, 3.63) is 35.9 Å². The third-order valence-electron chi connectivity index (χ3n) is 4.43. The lowest BCUT2D eigenvalue weighted by Gasteiger charge is -2.26. The zero-order valence-corrected chi connectivity index (χ0v) is 14.3. The average molecular weight is 317 g/mol. The van der Waals surface area contributed by atoms with Crippen molar-refractivity contribution < 1.29 is 9.59 Å². The van der Waals surface area contributed by atoms with Gasteiger partial charge in [-0.25, -0.2) is 4.79 Å². The van der Waals surface area contributed by atoms with E-state index < -0.39 is 0 Å². The van der Waals surface area contributed by atoms with Gasteiger partial charge in [-0.3, -0.25) is 4.79 Å². The summed E-state index contributed by atoms with van der Waals surface area (Å²) in [5.74, 6) is 0.0999. The van der Waals surface area contributed by atoms with Crippen LogP contribution in [0.5, 0.6) is 0 Å². The van der Waals surface area contributed by atoms with Crippen molar-refractivity contribution in [2.24, 2.45) is 0 Å². The molecule has 0 radical (unpaired) electrons. The van der Waals surface area contributed by atoms with E-state index in [2.05, 4.69) is 12.2 Å². The van der Waals surface area contributed by atoms with Crippen molar-refractivity contribution in [3.8, 4) is 0 Å². The van der Waals surface area contributed by atoms with Crippen LogP contribution >= 0.6 is 0 Å². The van der Waals surface area contributed by atoms with Gasteiger partial charge >= 0.3 is 6.03 Å². The minimum absolute atomic E-state index is 0.0309. The molecule has 2 atom stereocenters. The van der Waals surface area contributed by atoms with E-state index in [9.17, 15) is 9.59 Å². The molecule has 1 aromatic carbocycles. The maximum Gasteiger partial charge on any atom is 0.317 e. The number of hydrogen-bond acceptors (Lipinski definition) is 2. The van der Waals surface area contributed by atoms with E-state index in [1.807, 2.05) is 42.2 Å². The molecule has 1 aliphatic rings. The number of amides is 3. The lowest BCUT2D eigenvalue weighted by atomic mass is 10.1. The van der Waals surface area contributed by atoms with Gasteiger partial charge in [0.1, 0.15) is 0 Å². The van der Waals surface area contributed by atoms with Crippen molar-refractivity contribution in [2.45, 2.75) is 45.2 Å². The number of hydrogen-bond donors (Lipinski definition) is 1. The van der Waals surface area contributed by atoms with Crippen LogP contribution < -0.4 is 5.32 Å². The summed E-state index contributed by atoms with van der Waals surface area (Å²) in [4.78, 5) is 28.0. The highest BCUT2D eigenvalue weighted by Crippen LogP contribution is 2.25. The summed E-state index contributed by atoms with van der Waals surface area (Å²) >= 11 is 0. The Bertz CT molecular complexity index is 532. The summed E-state index contributed by atoms with van der Waals surface area (Å²) in [6.07, 6.45) is 2.43. The molecular weight excluding hydrogens is 290 g/mol. The molecule has 0 bridgehead atoms. The molecule has 1 N–H and O–H groups in total. The molecule has 5 nitrogen and oxygen atoms in total. The molecule has 1 fully saturated rings. The van der Waals surface area contributed by atoms with E-state index in [1.54, 1.807) is 11.9 Å². The van der Waals surface area contributed by atoms with Crippen LogP contribution in [0.3, 0.4) is 0 Å². The first kappa shape index (κ1) is 17.3. The molecule has 1 aromatic rings. The first-order chi connectivity index (χ1) is 11.0. The van der Waals surface area contributed by atoms with Crippen molar-refractivity contribution in [3.63, 3.8) is 0 Å². The van der Waals surface area contributed by atoms with Gasteiger partial charge in [0, 0.05) is 26.6 Å². The van der Waals surface area contributed by atoms with Crippen molar-refractivity contribution in [1.82, 2.24) is 15.1 Å². The molecule has 0 spiro atoms. The van der Waals surface area contributed by atoms with Gasteiger partial charge in [-0.2, -0.15) is 0 Å². The monoisotopic (exact) mass is 317 g/mol. The van der Waals surface area contributed by atoms with Gasteiger partial charge in [0.2, 0.25) is 5.91 Å². The van der Waals surface area contributed by atoms with Gasteiger partial charge in [-0.05, 0) is 18.9 Å². The zero-order valence-electron chi connectivity index (χ0n) is 14.3. The summed E-state index contributed by atoms with van der Waals surface area (Å²) in [6.45, 7) is 5.45. The van der Waals surface area contributed by atoms with Crippen molar-refractivity contribution >= 4 is 11.9 Å². The third-order valence-corrected chi connectivity index (χ3v) is 4.43. The smallest absolute Gasteiger partial charge is 0.317 e. The van der Waals surface area contributed by atoms with Gasteiger partial charge in [0.05, 0.1) is 12.1 Å². The fourth-order valence-corrected chi connectivity index (χ4v) is 2.90. The molecule has 0 aromatic heterocycles. The van der Waals surface area contributed by atoms with Crippen LogP contribution in [0.25, 0.3) is 0 Å². The fourth-order valence-electron chi connectivity index (χ4n) is 2.90. The Morgan fingerprint density at radius 3 is 2.74 bits per heavy atom. The van der Waals surface area contributed by atoms with Crippen LogP contribution in [0, 0.1) is 0 Å². The quantitative estimate of drug-likeness (QED) is 0.877. The molecule has 5 heteroatoms. The summed E-state index contributed by atoms with van der Waals surface area (Å²) < 4.78 is 0. The highest BCUT2D eigenvalue weighted by Gasteiger charge is 2.34. The highest BCUT2D eigenvalue weighted by atomic mass is 16.2. The number of carbonyl (C=O) groups is 2. The van der Waals surface area contributed by atoms with E-state index in [0.717, 1.165) is 24.9 Å². The van der Waals surface area contributed by atoms with Gasteiger partial charge in [-0.15, -0.1) is 0 Å². The molecule has 23 heavy (non-hydrogen) atoms. The summed E-state index contributed by atoms with van der Waals surface area (Å²) in [7, 11) is 1.80. The van der Waals surface area contributed by atoms with Gasteiger partial charge < -0.3 is 15.1 Å². The van der Waals surface area contributed by atoms with Crippen LogP contribution in [-0.4, -0.2) is 47.9 Å². The van der Waals surface area contributed by atoms with Crippen LogP contribution in [0.4, 0.5) is 4.79 Å². The van der Waals surface area contributed by atoms with Crippen molar-refractivity contribution in [1.29, 1.82) is 0 Å². The molecule has 1 aliphatic heterocycles. The molecule has 0 aliphatic carbocycles. The topological polar surface area (TPSA) is 52.7 Å². The Morgan fingerprint density at radius 1 is 1.39 bits per heavy atom. The summed E-state index contributed by atoms with van der Waals surface area (Å²) in [6, 6.07) is 9.82. The lowest BCUT2D eigenvalue weighted by Crippen LogP contribution is -2.44. The normalized spacial score (nSPS) is 18.8.